The molecule has 0 aliphatic carbocycles. The Balaban J connectivity index is 2.28. The smallest absolute Gasteiger partial charge is 0.123 e. The lowest BCUT2D eigenvalue weighted by molar-refractivity contribution is 0.488. The number of rotatable bonds is 6. The molecule has 0 fully saturated rings. The molecular formula is C13H20FN. The fraction of sp³-hybridized carbons (Fsp3) is 0.538. The molecule has 2 heteroatoms. The van der Waals surface area contributed by atoms with Crippen LogP contribution in [0.2, 0.25) is 0 Å². The lowest BCUT2D eigenvalue weighted by Gasteiger charge is -2.14. The molecule has 0 spiro atoms. The van der Waals surface area contributed by atoms with E-state index in [2.05, 4.69) is 19.2 Å². The quantitative estimate of drug-likeness (QED) is 0.759. The largest absolute Gasteiger partial charge is 0.314 e. The first kappa shape index (κ1) is 12.2. The van der Waals surface area contributed by atoms with Crippen LogP contribution in [0, 0.1) is 5.82 Å². The molecule has 1 N–H and O–H groups in total. The van der Waals surface area contributed by atoms with E-state index in [0.29, 0.717) is 6.04 Å². The van der Waals surface area contributed by atoms with Gasteiger partial charge >= 0.3 is 0 Å². The lowest BCUT2D eigenvalue weighted by atomic mass is 10.1. The third kappa shape index (κ3) is 4.43. The van der Waals surface area contributed by atoms with Crippen molar-refractivity contribution < 1.29 is 4.39 Å². The van der Waals surface area contributed by atoms with Crippen LogP contribution in [0.25, 0.3) is 0 Å². The second-order valence-electron chi connectivity index (χ2n) is 3.84. The molecule has 0 bridgehead atoms. The van der Waals surface area contributed by atoms with Gasteiger partial charge in [-0.25, -0.2) is 4.39 Å². The second kappa shape index (κ2) is 6.57. The van der Waals surface area contributed by atoms with Crippen molar-refractivity contribution in [2.24, 2.45) is 0 Å². The highest BCUT2D eigenvalue weighted by atomic mass is 19.1. The Labute approximate surface area is 91.7 Å². The predicted molar refractivity (Wildman–Crippen MR) is 62.5 cm³/mol. The van der Waals surface area contributed by atoms with Crippen LogP contribution in [-0.2, 0) is 6.42 Å². The highest BCUT2D eigenvalue weighted by molar-refractivity contribution is 5.16. The lowest BCUT2D eigenvalue weighted by Crippen LogP contribution is -2.29. The number of benzene rings is 1. The van der Waals surface area contributed by atoms with Gasteiger partial charge in [0.05, 0.1) is 0 Å². The van der Waals surface area contributed by atoms with E-state index in [0.717, 1.165) is 13.0 Å². The molecule has 84 valence electrons. The summed E-state index contributed by atoms with van der Waals surface area (Å²) in [6.45, 7) is 5.36. The number of halogens is 1. The van der Waals surface area contributed by atoms with Gasteiger partial charge in [0.2, 0.25) is 0 Å². The second-order valence-corrected chi connectivity index (χ2v) is 3.84. The molecule has 15 heavy (non-hydrogen) atoms. The molecule has 0 aliphatic heterocycles. The summed E-state index contributed by atoms with van der Waals surface area (Å²) in [6, 6.07) is 7.36. The molecular weight excluding hydrogens is 189 g/mol. The number of hydrogen-bond acceptors (Lipinski definition) is 1. The van der Waals surface area contributed by atoms with Crippen molar-refractivity contribution in [3.8, 4) is 0 Å². The molecule has 0 heterocycles. The molecule has 0 aliphatic rings. The molecule has 0 saturated carbocycles. The van der Waals surface area contributed by atoms with Gasteiger partial charge in [-0.3, -0.25) is 0 Å². The van der Waals surface area contributed by atoms with Gasteiger partial charge in [0, 0.05) is 6.04 Å². The molecule has 0 atom stereocenters. The zero-order valence-electron chi connectivity index (χ0n) is 9.59. The first-order valence-electron chi connectivity index (χ1n) is 5.74. The third-order valence-electron chi connectivity index (χ3n) is 2.75. The maximum atomic E-state index is 12.6. The van der Waals surface area contributed by atoms with Crippen molar-refractivity contribution in [3.05, 3.63) is 35.6 Å². The standard InChI is InChI=1S/C13H20FN/c1-3-13(4-2)15-10-9-11-5-7-12(14)8-6-11/h5-8,13,15H,3-4,9-10H2,1-2H3. The Morgan fingerprint density at radius 3 is 2.27 bits per heavy atom. The Bertz CT molecular complexity index is 264. The molecule has 1 aromatic carbocycles. The third-order valence-corrected chi connectivity index (χ3v) is 2.75. The van der Waals surface area contributed by atoms with E-state index in [1.165, 1.54) is 30.5 Å². The van der Waals surface area contributed by atoms with Crippen molar-refractivity contribution in [1.29, 1.82) is 0 Å². The van der Waals surface area contributed by atoms with Crippen molar-refractivity contribution in [3.63, 3.8) is 0 Å². The van der Waals surface area contributed by atoms with Gasteiger partial charge in [-0.2, -0.15) is 0 Å². The maximum absolute atomic E-state index is 12.6. The minimum atomic E-state index is -0.160. The average Bonchev–Trinajstić information content (AvgIpc) is 2.27. The van der Waals surface area contributed by atoms with Crippen molar-refractivity contribution >= 4 is 0 Å². The summed E-state index contributed by atoms with van der Waals surface area (Å²) >= 11 is 0. The van der Waals surface area contributed by atoms with Crippen LogP contribution in [0.1, 0.15) is 32.3 Å². The van der Waals surface area contributed by atoms with Crippen LogP contribution < -0.4 is 5.32 Å². The Hall–Kier alpha value is -0.890. The molecule has 0 aromatic heterocycles. The number of hydrogen-bond donors (Lipinski definition) is 1. The highest BCUT2D eigenvalue weighted by Crippen LogP contribution is 2.03. The molecule has 1 nitrogen and oxygen atoms in total. The van der Waals surface area contributed by atoms with Gasteiger partial charge in [-0.15, -0.1) is 0 Å². The summed E-state index contributed by atoms with van der Waals surface area (Å²) in [5.74, 6) is -0.160. The molecule has 0 radical (unpaired) electrons. The fourth-order valence-corrected chi connectivity index (χ4v) is 1.65. The van der Waals surface area contributed by atoms with E-state index in [1.807, 2.05) is 12.1 Å². The molecule has 0 amide bonds. The Kier molecular flexibility index (Phi) is 5.33. The van der Waals surface area contributed by atoms with Gasteiger partial charge in [-0.05, 0) is 43.5 Å². The normalized spacial score (nSPS) is 10.9. The van der Waals surface area contributed by atoms with Gasteiger partial charge in [0.1, 0.15) is 5.82 Å². The van der Waals surface area contributed by atoms with Gasteiger partial charge in [0.25, 0.3) is 0 Å². The summed E-state index contributed by atoms with van der Waals surface area (Å²) in [6.07, 6.45) is 3.30. The highest BCUT2D eigenvalue weighted by Gasteiger charge is 2.01. The Morgan fingerprint density at radius 1 is 1.13 bits per heavy atom. The summed E-state index contributed by atoms with van der Waals surface area (Å²) in [5, 5.41) is 3.49. The van der Waals surface area contributed by atoms with E-state index < -0.39 is 0 Å². The van der Waals surface area contributed by atoms with E-state index in [-0.39, 0.29) is 5.82 Å². The summed E-state index contributed by atoms with van der Waals surface area (Å²) < 4.78 is 12.6. The maximum Gasteiger partial charge on any atom is 0.123 e. The summed E-state index contributed by atoms with van der Waals surface area (Å²) in [5.41, 5.74) is 1.19. The van der Waals surface area contributed by atoms with Crippen LogP contribution in [0.15, 0.2) is 24.3 Å². The summed E-state index contributed by atoms with van der Waals surface area (Å²) in [7, 11) is 0. The van der Waals surface area contributed by atoms with Crippen molar-refractivity contribution in [2.45, 2.75) is 39.2 Å². The van der Waals surface area contributed by atoms with E-state index in [4.69, 9.17) is 0 Å². The first-order valence-corrected chi connectivity index (χ1v) is 5.74. The van der Waals surface area contributed by atoms with E-state index in [1.54, 1.807) is 0 Å². The van der Waals surface area contributed by atoms with E-state index >= 15 is 0 Å². The minimum absolute atomic E-state index is 0.160. The molecule has 1 aromatic rings. The SMILES string of the molecule is CCC(CC)NCCc1ccc(F)cc1. The van der Waals surface area contributed by atoms with Gasteiger partial charge < -0.3 is 5.32 Å². The van der Waals surface area contributed by atoms with E-state index in [9.17, 15) is 4.39 Å². The van der Waals surface area contributed by atoms with Crippen molar-refractivity contribution in [2.75, 3.05) is 6.54 Å². The molecule has 0 unspecified atom stereocenters. The van der Waals surface area contributed by atoms with Gasteiger partial charge in [0.15, 0.2) is 0 Å². The molecule has 1 rings (SSSR count). The zero-order valence-corrected chi connectivity index (χ0v) is 9.59. The Morgan fingerprint density at radius 2 is 1.73 bits per heavy atom. The van der Waals surface area contributed by atoms with Crippen LogP contribution >= 0.6 is 0 Å². The topological polar surface area (TPSA) is 12.0 Å². The van der Waals surface area contributed by atoms with Crippen LogP contribution in [0.3, 0.4) is 0 Å². The monoisotopic (exact) mass is 209 g/mol. The van der Waals surface area contributed by atoms with Crippen LogP contribution in [-0.4, -0.2) is 12.6 Å². The minimum Gasteiger partial charge on any atom is -0.314 e. The zero-order chi connectivity index (χ0) is 11.1. The van der Waals surface area contributed by atoms with Crippen molar-refractivity contribution in [1.82, 2.24) is 5.32 Å². The average molecular weight is 209 g/mol. The molecule has 0 saturated heterocycles. The first-order chi connectivity index (χ1) is 7.26. The fourth-order valence-electron chi connectivity index (χ4n) is 1.65. The predicted octanol–water partition coefficient (Wildman–Crippen LogP) is 3.15. The number of nitrogens with one attached hydrogen (secondary N) is 1. The van der Waals surface area contributed by atoms with Crippen LogP contribution in [0.5, 0.6) is 0 Å². The van der Waals surface area contributed by atoms with Crippen LogP contribution in [0.4, 0.5) is 4.39 Å². The summed E-state index contributed by atoms with van der Waals surface area (Å²) in [4.78, 5) is 0. The van der Waals surface area contributed by atoms with Gasteiger partial charge in [-0.1, -0.05) is 26.0 Å².